The Morgan fingerprint density at radius 1 is 1.14 bits per heavy atom. The van der Waals surface area contributed by atoms with E-state index in [9.17, 15) is 19.5 Å². The number of rotatable bonds is 7. The molecule has 1 aliphatic carbocycles. The normalized spacial score (nSPS) is 14.4. The van der Waals surface area contributed by atoms with Crippen LogP contribution >= 0.6 is 23.1 Å². The second-order valence-corrected chi connectivity index (χ2v) is 9.49. The summed E-state index contributed by atoms with van der Waals surface area (Å²) in [5.41, 5.74) is 11.8. The zero-order valence-electron chi connectivity index (χ0n) is 18.6. The lowest BCUT2D eigenvalue weighted by Crippen LogP contribution is -2.46. The van der Waals surface area contributed by atoms with Gasteiger partial charge in [0.05, 0.1) is 5.69 Å². The number of nitrogens with one attached hydrogen (secondary N) is 1. The third kappa shape index (κ3) is 5.23. The number of aromatic hydroxyl groups is 1. The number of halogens is 1. The molecule has 0 unspecified atom stereocenters. The molecule has 2 aromatic carbocycles. The van der Waals surface area contributed by atoms with Crippen LogP contribution in [0.25, 0.3) is 0 Å². The minimum atomic E-state index is -1.12. The van der Waals surface area contributed by atoms with E-state index in [0.717, 1.165) is 37.2 Å². The Balaban J connectivity index is 1.85. The summed E-state index contributed by atoms with van der Waals surface area (Å²) in [6.07, 6.45) is 3.73. The molecule has 0 bridgehead atoms. The van der Waals surface area contributed by atoms with Crippen molar-refractivity contribution in [1.82, 2.24) is 9.69 Å². The predicted octanol–water partition coefficient (Wildman–Crippen LogP) is 3.63. The average Bonchev–Trinajstić information content (AvgIpc) is 3.47. The molecule has 6 N–H and O–H groups in total. The van der Waals surface area contributed by atoms with Crippen LogP contribution in [0.4, 0.5) is 11.4 Å². The molecule has 182 valence electrons. The van der Waals surface area contributed by atoms with Crippen LogP contribution < -0.4 is 21.7 Å². The van der Waals surface area contributed by atoms with Gasteiger partial charge in [0, 0.05) is 22.8 Å². The molecule has 1 aliphatic rings. The van der Waals surface area contributed by atoms with Crippen molar-refractivity contribution in [3.05, 3.63) is 69.7 Å². The Morgan fingerprint density at radius 2 is 1.83 bits per heavy atom. The van der Waals surface area contributed by atoms with E-state index < -0.39 is 23.8 Å². The lowest BCUT2D eigenvalue weighted by Gasteiger charge is -2.32. The van der Waals surface area contributed by atoms with E-state index in [1.54, 1.807) is 36.4 Å². The Kier molecular flexibility index (Phi) is 7.23. The number of nitrogens with zero attached hydrogens (tertiary/aromatic N) is 2. The van der Waals surface area contributed by atoms with Gasteiger partial charge in [0.2, 0.25) is 5.91 Å². The fourth-order valence-corrected chi connectivity index (χ4v) is 5.05. The fraction of sp³-hybridized carbons (Fsp3) is 0.250. The number of aromatic nitrogens is 1. The maximum Gasteiger partial charge on any atom is 0.273 e. The zero-order chi connectivity index (χ0) is 25.1. The SMILES string of the molecule is NC(=O)c1nsc(C(=O)N(c2cccc(O)c2)[C@@H](C(=O)NC2CCCC2)c2ccc(Cl)cc2)c1N. The third-order valence-electron chi connectivity index (χ3n) is 5.88. The van der Waals surface area contributed by atoms with Crippen molar-refractivity contribution in [3.63, 3.8) is 0 Å². The standard InChI is InChI=1S/C24H24ClN5O4S/c25-14-10-8-13(9-11-14)20(23(33)28-15-4-1-2-5-15)30(16-6-3-7-17(31)12-16)24(34)21-18(26)19(22(27)32)29-35-21/h3,6-12,15,20,31H,1-2,4-5,26H2,(H2,27,32)(H,28,33)/t20-/m1/s1. The minimum absolute atomic E-state index is 0.00614. The van der Waals surface area contributed by atoms with Crippen molar-refractivity contribution >= 4 is 52.2 Å². The highest BCUT2D eigenvalue weighted by Gasteiger charge is 2.37. The summed E-state index contributed by atoms with van der Waals surface area (Å²) in [7, 11) is 0. The number of hydrogen-bond donors (Lipinski definition) is 4. The highest BCUT2D eigenvalue weighted by atomic mass is 35.5. The molecule has 3 aromatic rings. The molecule has 9 nitrogen and oxygen atoms in total. The zero-order valence-corrected chi connectivity index (χ0v) is 20.2. The Morgan fingerprint density at radius 3 is 2.43 bits per heavy atom. The first-order chi connectivity index (χ1) is 16.8. The van der Waals surface area contributed by atoms with Crippen LogP contribution in [0.15, 0.2) is 48.5 Å². The average molecular weight is 514 g/mol. The Hall–Kier alpha value is -3.63. The van der Waals surface area contributed by atoms with Gasteiger partial charge in [0.1, 0.15) is 16.7 Å². The van der Waals surface area contributed by atoms with Gasteiger partial charge in [-0.3, -0.25) is 19.3 Å². The number of hydrogen-bond acceptors (Lipinski definition) is 7. The number of primary amides is 1. The molecule has 0 aliphatic heterocycles. The van der Waals surface area contributed by atoms with Gasteiger partial charge >= 0.3 is 0 Å². The Bertz CT molecular complexity index is 1260. The number of benzene rings is 2. The summed E-state index contributed by atoms with van der Waals surface area (Å²) < 4.78 is 3.93. The second-order valence-electron chi connectivity index (χ2n) is 8.28. The molecule has 1 aromatic heterocycles. The molecule has 0 radical (unpaired) electrons. The Labute approximate surface area is 210 Å². The first-order valence-electron chi connectivity index (χ1n) is 11.0. The highest BCUT2D eigenvalue weighted by molar-refractivity contribution is 7.09. The van der Waals surface area contributed by atoms with E-state index in [2.05, 4.69) is 9.69 Å². The summed E-state index contributed by atoms with van der Waals surface area (Å²) in [6, 6.07) is 11.4. The van der Waals surface area contributed by atoms with E-state index in [4.69, 9.17) is 23.1 Å². The van der Waals surface area contributed by atoms with Gasteiger partial charge in [-0.2, -0.15) is 4.37 Å². The molecule has 1 atom stereocenters. The van der Waals surface area contributed by atoms with Gasteiger partial charge < -0.3 is 21.9 Å². The number of carbonyl (C=O) groups is 3. The summed E-state index contributed by atoms with van der Waals surface area (Å²) in [5.74, 6) is -2.02. The molecular weight excluding hydrogens is 490 g/mol. The van der Waals surface area contributed by atoms with Gasteiger partial charge in [0.25, 0.3) is 11.8 Å². The van der Waals surface area contributed by atoms with Crippen LogP contribution in [-0.2, 0) is 4.79 Å². The van der Waals surface area contributed by atoms with Gasteiger partial charge in [0.15, 0.2) is 5.69 Å². The summed E-state index contributed by atoms with van der Waals surface area (Å²) in [4.78, 5) is 40.5. The largest absolute Gasteiger partial charge is 0.508 e. The third-order valence-corrected chi connectivity index (χ3v) is 6.98. The lowest BCUT2D eigenvalue weighted by atomic mass is 10.0. The van der Waals surface area contributed by atoms with Gasteiger partial charge in [-0.05, 0) is 54.2 Å². The molecular formula is C24H24ClN5O4S. The molecule has 1 fully saturated rings. The molecule has 35 heavy (non-hydrogen) atoms. The number of phenols is 1. The van der Waals surface area contributed by atoms with Crippen LogP contribution in [0.5, 0.6) is 5.75 Å². The number of nitrogen functional groups attached to an aromatic ring is 1. The molecule has 1 heterocycles. The number of carbonyl (C=O) groups excluding carboxylic acids is 3. The summed E-state index contributed by atoms with van der Waals surface area (Å²) in [5, 5.41) is 13.7. The lowest BCUT2D eigenvalue weighted by molar-refractivity contribution is -0.123. The monoisotopic (exact) mass is 513 g/mol. The topological polar surface area (TPSA) is 152 Å². The van der Waals surface area contributed by atoms with Crippen molar-refractivity contribution < 1.29 is 19.5 Å². The van der Waals surface area contributed by atoms with Crippen LogP contribution in [0, 0.1) is 0 Å². The van der Waals surface area contributed by atoms with Crippen LogP contribution in [0.1, 0.15) is 57.4 Å². The molecule has 4 rings (SSSR count). The van der Waals surface area contributed by atoms with Crippen molar-refractivity contribution in [3.8, 4) is 5.75 Å². The predicted molar refractivity (Wildman–Crippen MR) is 135 cm³/mol. The smallest absolute Gasteiger partial charge is 0.273 e. The van der Waals surface area contributed by atoms with Gasteiger partial charge in [-0.25, -0.2) is 0 Å². The minimum Gasteiger partial charge on any atom is -0.508 e. The molecule has 0 saturated heterocycles. The van der Waals surface area contributed by atoms with Crippen molar-refractivity contribution in [2.24, 2.45) is 5.73 Å². The van der Waals surface area contributed by atoms with E-state index in [1.807, 2.05) is 0 Å². The quantitative estimate of drug-likeness (QED) is 0.378. The van der Waals surface area contributed by atoms with E-state index in [-0.39, 0.29) is 33.7 Å². The maximum absolute atomic E-state index is 13.9. The van der Waals surface area contributed by atoms with Gasteiger partial charge in [-0.1, -0.05) is 42.6 Å². The van der Waals surface area contributed by atoms with Crippen molar-refractivity contribution in [2.45, 2.75) is 37.8 Å². The number of amides is 3. The van der Waals surface area contributed by atoms with Crippen LogP contribution in [0.3, 0.4) is 0 Å². The first kappa shape index (κ1) is 24.5. The highest BCUT2D eigenvalue weighted by Crippen LogP contribution is 2.35. The van der Waals surface area contributed by atoms with Gasteiger partial charge in [-0.15, -0.1) is 0 Å². The first-order valence-corrected chi connectivity index (χ1v) is 12.1. The van der Waals surface area contributed by atoms with E-state index in [0.29, 0.717) is 10.6 Å². The number of anilines is 2. The van der Waals surface area contributed by atoms with Crippen LogP contribution in [-0.4, -0.2) is 33.2 Å². The molecule has 3 amide bonds. The number of phenolic OH excluding ortho intramolecular Hbond substituents is 1. The molecule has 0 spiro atoms. The van der Waals surface area contributed by atoms with Crippen LogP contribution in [0.2, 0.25) is 5.02 Å². The van der Waals surface area contributed by atoms with E-state index >= 15 is 0 Å². The summed E-state index contributed by atoms with van der Waals surface area (Å²) in [6.45, 7) is 0. The number of nitrogens with two attached hydrogens (primary N) is 2. The van der Waals surface area contributed by atoms with E-state index in [1.165, 1.54) is 17.0 Å². The summed E-state index contributed by atoms with van der Waals surface area (Å²) >= 11 is 6.80. The molecule has 1 saturated carbocycles. The fourth-order valence-electron chi connectivity index (χ4n) is 4.18. The van der Waals surface area contributed by atoms with Crippen molar-refractivity contribution in [2.75, 3.05) is 10.6 Å². The molecule has 11 heteroatoms. The maximum atomic E-state index is 13.9. The van der Waals surface area contributed by atoms with Crippen molar-refractivity contribution in [1.29, 1.82) is 0 Å². The second kappa shape index (κ2) is 10.3.